The van der Waals surface area contributed by atoms with Gasteiger partial charge in [-0.2, -0.15) is 9.94 Å². The zero-order valence-electron chi connectivity index (χ0n) is 21.5. The van der Waals surface area contributed by atoms with Crippen LogP contribution in [0.1, 0.15) is 45.6 Å². The molecule has 1 saturated heterocycles. The van der Waals surface area contributed by atoms with Crippen LogP contribution in [0.2, 0.25) is 0 Å². The van der Waals surface area contributed by atoms with Crippen molar-refractivity contribution >= 4 is 22.5 Å². The minimum atomic E-state index is -0.801. The summed E-state index contributed by atoms with van der Waals surface area (Å²) in [5.74, 6) is 4.81. The van der Waals surface area contributed by atoms with Crippen LogP contribution in [-0.4, -0.2) is 65.9 Å². The van der Waals surface area contributed by atoms with Crippen molar-refractivity contribution < 1.29 is 13.9 Å². The smallest absolute Gasteiger partial charge is 0.350 e. The van der Waals surface area contributed by atoms with E-state index in [1.54, 1.807) is 6.07 Å². The number of benzene rings is 1. The van der Waals surface area contributed by atoms with Gasteiger partial charge in [-0.15, -0.1) is 0 Å². The maximum absolute atomic E-state index is 15.8. The third kappa shape index (κ3) is 5.00. The lowest BCUT2D eigenvalue weighted by Gasteiger charge is -2.35. The normalized spacial score (nSPS) is 18.3. The number of ether oxygens (including phenoxy) is 1. The second kappa shape index (κ2) is 10.8. The van der Waals surface area contributed by atoms with Crippen molar-refractivity contribution in [2.24, 2.45) is 5.92 Å². The monoisotopic (exact) mass is 515 g/mol. The van der Waals surface area contributed by atoms with Crippen LogP contribution in [0.25, 0.3) is 10.9 Å². The molecule has 2 aliphatic rings. The van der Waals surface area contributed by atoms with Crippen LogP contribution in [0.5, 0.6) is 5.75 Å². The lowest BCUT2D eigenvalue weighted by molar-refractivity contribution is -0.119. The molecule has 200 valence electrons. The van der Waals surface area contributed by atoms with Gasteiger partial charge in [0.2, 0.25) is 5.91 Å². The average Bonchev–Trinajstić information content (AvgIpc) is 3.60. The van der Waals surface area contributed by atoms with Crippen LogP contribution >= 0.6 is 0 Å². The highest BCUT2D eigenvalue weighted by Gasteiger charge is 2.36. The number of nitrogens with two attached hydrogens (primary N) is 1. The number of likely N-dealkylation sites (N-methyl/N-ethyl adjacent to an activating group) is 1. The van der Waals surface area contributed by atoms with E-state index in [4.69, 9.17) is 15.8 Å². The van der Waals surface area contributed by atoms with Crippen LogP contribution in [0.3, 0.4) is 0 Å². The molecule has 2 fully saturated rings. The maximum Gasteiger partial charge on any atom is 0.350 e. The number of carbonyl (C=O) groups excluding carboxylic acids is 1. The molecule has 2 heterocycles. The minimum absolute atomic E-state index is 0.0354. The number of carbonyl (C=O) groups is 1. The molecule has 37 heavy (non-hydrogen) atoms. The van der Waals surface area contributed by atoms with Gasteiger partial charge in [-0.3, -0.25) is 19.1 Å². The predicted molar refractivity (Wildman–Crippen MR) is 138 cm³/mol. The summed E-state index contributed by atoms with van der Waals surface area (Å²) < 4.78 is 23.2. The number of aromatic nitrogens is 2. The molecular weight excluding hydrogens is 481 g/mol. The molecule has 1 saturated carbocycles. The van der Waals surface area contributed by atoms with E-state index < -0.39 is 17.1 Å². The summed E-state index contributed by atoms with van der Waals surface area (Å²) >= 11 is 0. The first-order chi connectivity index (χ1) is 17.7. The molecule has 2 atom stereocenters. The molecule has 12 heteroatoms. The lowest BCUT2D eigenvalue weighted by atomic mass is 9.96. The fourth-order valence-corrected chi connectivity index (χ4v) is 5.45. The Balaban J connectivity index is 1.74. The number of fused-ring (bicyclic) bond motifs is 1. The fourth-order valence-electron chi connectivity index (χ4n) is 5.45. The van der Waals surface area contributed by atoms with Crippen molar-refractivity contribution in [3.8, 4) is 11.8 Å². The number of anilines is 1. The molecule has 2 aromatic rings. The number of nitrogens with zero attached hydrogens (tertiary/aromatic N) is 5. The number of nitrogen functional groups attached to an aromatic ring is 1. The molecule has 4 rings (SSSR count). The standard InChI is InChI=1S/C25H34FN7O4/c1-4-30(10-5-9-27)20(13-29-15(2)34)16-8-11-31(14-16)19-12-18-21(23(37-3)22(19)26)24(35)33(28)25(36)32(18)17-6-7-17/h12,16-17,20H,4-8,10-11,13-14,28H2,1-3H3,(H,29,34). The van der Waals surface area contributed by atoms with E-state index in [0.717, 1.165) is 19.3 Å². The molecule has 1 aliphatic carbocycles. The van der Waals surface area contributed by atoms with Crippen molar-refractivity contribution in [3.05, 3.63) is 32.7 Å². The molecule has 2 unspecified atom stereocenters. The quantitative estimate of drug-likeness (QED) is 0.446. The minimum Gasteiger partial charge on any atom is -0.493 e. The van der Waals surface area contributed by atoms with Gasteiger partial charge in [0.15, 0.2) is 11.6 Å². The Morgan fingerprint density at radius 2 is 2.11 bits per heavy atom. The Kier molecular flexibility index (Phi) is 7.73. The van der Waals surface area contributed by atoms with Gasteiger partial charge >= 0.3 is 5.69 Å². The number of rotatable bonds is 10. The van der Waals surface area contributed by atoms with E-state index in [2.05, 4.69) is 16.3 Å². The summed E-state index contributed by atoms with van der Waals surface area (Å²) in [7, 11) is 1.29. The summed E-state index contributed by atoms with van der Waals surface area (Å²) in [4.78, 5) is 41.5. The molecule has 1 amide bonds. The molecule has 11 nitrogen and oxygen atoms in total. The largest absolute Gasteiger partial charge is 0.493 e. The number of nitriles is 1. The van der Waals surface area contributed by atoms with Gasteiger partial charge in [-0.25, -0.2) is 9.18 Å². The summed E-state index contributed by atoms with van der Waals surface area (Å²) in [6, 6.07) is 3.61. The summed E-state index contributed by atoms with van der Waals surface area (Å²) in [5.41, 5.74) is -0.863. The molecule has 1 aromatic heterocycles. The third-order valence-corrected chi connectivity index (χ3v) is 7.46. The molecule has 0 radical (unpaired) electrons. The lowest BCUT2D eigenvalue weighted by Crippen LogP contribution is -2.49. The van der Waals surface area contributed by atoms with Gasteiger partial charge < -0.3 is 20.8 Å². The van der Waals surface area contributed by atoms with Crippen LogP contribution in [0, 0.1) is 23.1 Å². The highest BCUT2D eigenvalue weighted by Crippen LogP contribution is 2.40. The second-order valence-electron chi connectivity index (χ2n) is 9.73. The van der Waals surface area contributed by atoms with Gasteiger partial charge in [0.05, 0.1) is 24.4 Å². The Labute approximate surface area is 214 Å². The van der Waals surface area contributed by atoms with Gasteiger partial charge in [0.1, 0.15) is 5.39 Å². The van der Waals surface area contributed by atoms with E-state index >= 15 is 4.39 Å². The second-order valence-corrected chi connectivity index (χ2v) is 9.73. The van der Waals surface area contributed by atoms with Crippen LogP contribution < -0.4 is 32.0 Å². The van der Waals surface area contributed by atoms with E-state index in [1.807, 2.05) is 11.8 Å². The predicted octanol–water partition coefficient (Wildman–Crippen LogP) is 0.926. The van der Waals surface area contributed by atoms with Crippen LogP contribution in [-0.2, 0) is 4.79 Å². The van der Waals surface area contributed by atoms with Crippen molar-refractivity contribution in [3.63, 3.8) is 0 Å². The molecular formula is C25H34FN7O4. The first-order valence-corrected chi connectivity index (χ1v) is 12.7. The molecule has 1 aliphatic heterocycles. The van der Waals surface area contributed by atoms with Gasteiger partial charge in [0.25, 0.3) is 5.56 Å². The number of halogens is 1. The van der Waals surface area contributed by atoms with E-state index in [9.17, 15) is 14.4 Å². The first-order valence-electron chi connectivity index (χ1n) is 12.7. The van der Waals surface area contributed by atoms with Crippen molar-refractivity contribution in [1.29, 1.82) is 5.26 Å². The Bertz CT molecular complexity index is 1340. The SMILES string of the molecule is CCN(CCC#N)C(CNC(C)=O)C1CCN(c2cc3c(c(OC)c2F)c(=O)n(N)c(=O)n3C2CC2)C1. The average molecular weight is 516 g/mol. The fraction of sp³-hybridized carbons (Fsp3) is 0.600. The topological polar surface area (TPSA) is 139 Å². The van der Waals surface area contributed by atoms with Gasteiger partial charge in [0, 0.05) is 51.6 Å². The molecule has 3 N–H and O–H groups in total. The third-order valence-electron chi connectivity index (χ3n) is 7.46. The van der Waals surface area contributed by atoms with E-state index in [-0.39, 0.29) is 40.7 Å². The van der Waals surface area contributed by atoms with Crippen LogP contribution in [0.15, 0.2) is 15.7 Å². The zero-order chi connectivity index (χ0) is 26.9. The van der Waals surface area contributed by atoms with Crippen molar-refractivity contribution in [2.45, 2.75) is 51.6 Å². The van der Waals surface area contributed by atoms with E-state index in [1.165, 1.54) is 18.6 Å². The number of hydrogen-bond donors (Lipinski definition) is 2. The summed E-state index contributed by atoms with van der Waals surface area (Å²) in [6.07, 6.45) is 2.66. The maximum atomic E-state index is 15.8. The number of amides is 1. The number of hydrogen-bond acceptors (Lipinski definition) is 8. The van der Waals surface area contributed by atoms with Crippen molar-refractivity contribution in [1.82, 2.24) is 19.5 Å². The number of nitrogens with one attached hydrogen (secondary N) is 1. The highest BCUT2D eigenvalue weighted by atomic mass is 19.1. The van der Waals surface area contributed by atoms with Crippen molar-refractivity contribution in [2.75, 3.05) is 50.6 Å². The van der Waals surface area contributed by atoms with Gasteiger partial charge in [-0.05, 0) is 37.8 Å². The molecule has 0 spiro atoms. The molecule has 1 aromatic carbocycles. The Morgan fingerprint density at radius 3 is 2.70 bits per heavy atom. The molecule has 0 bridgehead atoms. The Hall–Kier alpha value is -3.59. The van der Waals surface area contributed by atoms with Crippen LogP contribution in [0.4, 0.5) is 10.1 Å². The summed E-state index contributed by atoms with van der Waals surface area (Å²) in [6.45, 7) is 6.23. The summed E-state index contributed by atoms with van der Waals surface area (Å²) in [5, 5.41) is 11.9. The van der Waals surface area contributed by atoms with E-state index in [0.29, 0.717) is 49.3 Å². The highest BCUT2D eigenvalue weighted by molar-refractivity contribution is 5.89. The zero-order valence-corrected chi connectivity index (χ0v) is 21.5. The van der Waals surface area contributed by atoms with Gasteiger partial charge in [-0.1, -0.05) is 6.92 Å². The number of methoxy groups -OCH3 is 1. The first kappa shape index (κ1) is 26.5. The Morgan fingerprint density at radius 1 is 1.38 bits per heavy atom.